The second-order valence-electron chi connectivity index (χ2n) is 4.61. The van der Waals surface area contributed by atoms with Gasteiger partial charge in [0.1, 0.15) is 4.90 Å². The minimum atomic E-state index is -3.81. The Hall–Kier alpha value is -0.690. The van der Waals surface area contributed by atoms with Crippen molar-refractivity contribution < 1.29 is 17.5 Å². The topological polar surface area (TPSA) is 46.6 Å². The van der Waals surface area contributed by atoms with Crippen LogP contribution in [-0.2, 0) is 14.8 Å². The van der Waals surface area contributed by atoms with Crippen LogP contribution in [0.2, 0.25) is 5.02 Å². The molecule has 2 saturated heterocycles. The van der Waals surface area contributed by atoms with Crippen LogP contribution in [0.4, 0.5) is 4.39 Å². The van der Waals surface area contributed by atoms with Gasteiger partial charge in [-0.05, 0) is 12.1 Å². The number of nitrogens with zero attached hydrogens (tertiary/aromatic N) is 1. The van der Waals surface area contributed by atoms with Crippen molar-refractivity contribution in [1.29, 1.82) is 0 Å². The molecule has 0 atom stereocenters. The Balaban J connectivity index is 1.89. The number of ether oxygens (including phenoxy) is 1. The number of halogens is 2. The van der Waals surface area contributed by atoms with Gasteiger partial charge in [0.25, 0.3) is 0 Å². The fourth-order valence-corrected chi connectivity index (χ4v) is 4.14. The summed E-state index contributed by atoms with van der Waals surface area (Å²) >= 11 is 5.60. The number of hydrogen-bond donors (Lipinski definition) is 0. The van der Waals surface area contributed by atoms with Gasteiger partial charge in [0.15, 0.2) is 5.82 Å². The maximum absolute atomic E-state index is 13.7. The van der Waals surface area contributed by atoms with Crippen LogP contribution >= 0.6 is 11.6 Å². The van der Waals surface area contributed by atoms with Crippen LogP contribution in [-0.4, -0.2) is 38.0 Å². The Bertz CT molecular complexity index is 592. The number of hydrogen-bond acceptors (Lipinski definition) is 3. The summed E-state index contributed by atoms with van der Waals surface area (Å²) in [5, 5.41) is -0.189. The zero-order valence-electron chi connectivity index (χ0n) is 9.40. The van der Waals surface area contributed by atoms with E-state index in [9.17, 15) is 12.8 Å². The van der Waals surface area contributed by atoms with E-state index in [-0.39, 0.29) is 15.5 Å². The summed E-state index contributed by atoms with van der Waals surface area (Å²) in [6.07, 6.45) is 0.858. The summed E-state index contributed by atoms with van der Waals surface area (Å²) in [6, 6.07) is 3.97. The van der Waals surface area contributed by atoms with E-state index in [0.29, 0.717) is 19.7 Å². The van der Waals surface area contributed by atoms with Gasteiger partial charge < -0.3 is 4.74 Å². The van der Waals surface area contributed by atoms with E-state index >= 15 is 0 Å². The van der Waals surface area contributed by atoms with Crippen molar-refractivity contribution in [3.63, 3.8) is 0 Å². The third kappa shape index (κ3) is 1.67. The van der Waals surface area contributed by atoms with Crippen LogP contribution in [0.15, 0.2) is 23.1 Å². The van der Waals surface area contributed by atoms with Crippen LogP contribution in [0.25, 0.3) is 0 Å². The number of rotatable bonds is 2. The molecule has 0 radical (unpaired) electrons. The molecule has 2 aliphatic rings. The highest BCUT2D eigenvalue weighted by atomic mass is 35.5. The Morgan fingerprint density at radius 2 is 2.06 bits per heavy atom. The van der Waals surface area contributed by atoms with E-state index in [2.05, 4.69) is 0 Å². The fraction of sp³-hybridized carbons (Fsp3) is 0.455. The van der Waals surface area contributed by atoms with Crippen LogP contribution in [0.1, 0.15) is 6.42 Å². The van der Waals surface area contributed by atoms with Crippen molar-refractivity contribution in [3.05, 3.63) is 29.0 Å². The highest BCUT2D eigenvalue weighted by Crippen LogP contribution is 2.39. The van der Waals surface area contributed by atoms with Crippen molar-refractivity contribution in [1.82, 2.24) is 4.31 Å². The molecule has 0 unspecified atom stereocenters. The molecular weight excluding hydrogens is 281 g/mol. The largest absolute Gasteiger partial charge is 0.372 e. The number of benzene rings is 1. The van der Waals surface area contributed by atoms with Gasteiger partial charge in [-0.15, -0.1) is 0 Å². The zero-order chi connectivity index (χ0) is 13.0. The second kappa shape index (κ2) is 3.90. The van der Waals surface area contributed by atoms with Gasteiger partial charge in [-0.2, -0.15) is 4.31 Å². The summed E-state index contributed by atoms with van der Waals surface area (Å²) in [6.45, 7) is 1.25. The predicted molar refractivity (Wildman–Crippen MR) is 63.5 cm³/mol. The van der Waals surface area contributed by atoms with Crippen molar-refractivity contribution in [2.75, 3.05) is 19.7 Å². The first kappa shape index (κ1) is 12.3. The van der Waals surface area contributed by atoms with E-state index in [4.69, 9.17) is 16.3 Å². The normalized spacial score (nSPS) is 22.6. The maximum atomic E-state index is 13.7. The molecule has 0 aliphatic carbocycles. The molecule has 1 aromatic rings. The van der Waals surface area contributed by atoms with E-state index in [0.717, 1.165) is 6.42 Å². The van der Waals surface area contributed by atoms with Gasteiger partial charge in [-0.1, -0.05) is 17.7 Å². The molecule has 98 valence electrons. The number of sulfonamides is 1. The van der Waals surface area contributed by atoms with Gasteiger partial charge in [0, 0.05) is 19.5 Å². The summed E-state index contributed by atoms with van der Waals surface area (Å²) in [7, 11) is -3.81. The zero-order valence-corrected chi connectivity index (χ0v) is 11.0. The average molecular weight is 292 g/mol. The molecule has 1 aromatic carbocycles. The molecule has 0 saturated carbocycles. The average Bonchev–Trinajstić information content (AvgIpc) is 2.17. The van der Waals surface area contributed by atoms with Gasteiger partial charge in [0.2, 0.25) is 10.0 Å². The molecule has 1 spiro atoms. The summed E-state index contributed by atoms with van der Waals surface area (Å²) in [5.41, 5.74) is -0.317. The minimum absolute atomic E-state index is 0.189. The standard InChI is InChI=1S/C11H11ClFNO3S/c12-8-2-1-3-9(10(8)13)18(15,16)14-6-11(7-14)4-5-17-11/h1-3H,4-7H2. The first-order valence-corrected chi connectivity index (χ1v) is 7.35. The van der Waals surface area contributed by atoms with E-state index in [1.807, 2.05) is 0 Å². The second-order valence-corrected chi connectivity index (χ2v) is 6.92. The molecule has 2 heterocycles. The SMILES string of the molecule is O=S(=O)(c1cccc(Cl)c1F)N1CC2(CCO2)C1. The predicted octanol–water partition coefficient (Wildman–Crippen LogP) is 1.64. The lowest BCUT2D eigenvalue weighted by Crippen LogP contribution is -2.69. The lowest BCUT2D eigenvalue weighted by molar-refractivity contribution is -0.200. The molecule has 0 bridgehead atoms. The van der Waals surface area contributed by atoms with Gasteiger partial charge in [-0.25, -0.2) is 12.8 Å². The highest BCUT2D eigenvalue weighted by molar-refractivity contribution is 7.89. The quantitative estimate of drug-likeness (QED) is 0.832. The van der Waals surface area contributed by atoms with Gasteiger partial charge >= 0.3 is 0 Å². The van der Waals surface area contributed by atoms with Gasteiger partial charge in [0.05, 0.1) is 17.2 Å². The molecule has 4 nitrogen and oxygen atoms in total. The molecular formula is C11H11ClFNO3S. The monoisotopic (exact) mass is 291 g/mol. The van der Waals surface area contributed by atoms with E-state index in [1.165, 1.54) is 22.5 Å². The Morgan fingerprint density at radius 1 is 1.39 bits per heavy atom. The first-order valence-electron chi connectivity index (χ1n) is 5.53. The van der Waals surface area contributed by atoms with Crippen LogP contribution < -0.4 is 0 Å². The molecule has 2 fully saturated rings. The molecule has 7 heteroatoms. The third-order valence-electron chi connectivity index (χ3n) is 3.43. The maximum Gasteiger partial charge on any atom is 0.246 e. The Kier molecular flexibility index (Phi) is 2.68. The lowest BCUT2D eigenvalue weighted by Gasteiger charge is -2.54. The molecule has 0 amide bonds. The summed E-state index contributed by atoms with van der Waals surface area (Å²) in [4.78, 5) is -0.371. The molecule has 3 rings (SSSR count). The van der Waals surface area contributed by atoms with Crippen LogP contribution in [0.5, 0.6) is 0 Å². The smallest absolute Gasteiger partial charge is 0.246 e. The van der Waals surface area contributed by atoms with Crippen molar-refractivity contribution in [2.45, 2.75) is 16.9 Å². The summed E-state index contributed by atoms with van der Waals surface area (Å²) in [5.74, 6) is -0.894. The Morgan fingerprint density at radius 3 is 2.61 bits per heavy atom. The molecule has 0 N–H and O–H groups in total. The van der Waals surface area contributed by atoms with Gasteiger partial charge in [-0.3, -0.25) is 0 Å². The third-order valence-corrected chi connectivity index (χ3v) is 5.53. The lowest BCUT2D eigenvalue weighted by atomic mass is 9.89. The van der Waals surface area contributed by atoms with Crippen LogP contribution in [0, 0.1) is 5.82 Å². The van der Waals surface area contributed by atoms with Crippen molar-refractivity contribution >= 4 is 21.6 Å². The van der Waals surface area contributed by atoms with E-state index in [1.54, 1.807) is 0 Å². The molecule has 0 aromatic heterocycles. The minimum Gasteiger partial charge on any atom is -0.372 e. The van der Waals surface area contributed by atoms with Crippen molar-refractivity contribution in [2.24, 2.45) is 0 Å². The van der Waals surface area contributed by atoms with Crippen LogP contribution in [0.3, 0.4) is 0 Å². The highest BCUT2D eigenvalue weighted by Gasteiger charge is 2.53. The Labute approximate surface area is 109 Å². The van der Waals surface area contributed by atoms with Crippen molar-refractivity contribution in [3.8, 4) is 0 Å². The molecule has 18 heavy (non-hydrogen) atoms. The van der Waals surface area contributed by atoms with E-state index < -0.39 is 15.8 Å². The fourth-order valence-electron chi connectivity index (χ4n) is 2.23. The summed E-state index contributed by atoms with van der Waals surface area (Å²) < 4.78 is 44.7. The first-order chi connectivity index (χ1) is 8.45. The molecule has 2 aliphatic heterocycles.